The number of hydrogen-bond donors (Lipinski definition) is 1. The van der Waals surface area contributed by atoms with Gasteiger partial charge in [-0.2, -0.15) is 11.8 Å². The van der Waals surface area contributed by atoms with E-state index in [4.69, 9.17) is 4.74 Å². The molecule has 78 valence electrons. The van der Waals surface area contributed by atoms with Crippen molar-refractivity contribution in [1.82, 2.24) is 9.78 Å². The summed E-state index contributed by atoms with van der Waals surface area (Å²) in [5, 5.41) is 7.65. The van der Waals surface area contributed by atoms with Gasteiger partial charge >= 0.3 is 0 Å². The minimum Gasteiger partial charge on any atom is -0.478 e. The van der Waals surface area contributed by atoms with Crippen LogP contribution in [0, 0.1) is 0 Å². The van der Waals surface area contributed by atoms with Gasteiger partial charge in [0.15, 0.2) is 0 Å². The molecular weight excluding hydrogens is 198 g/mol. The Balaban J connectivity index is 2.06. The summed E-state index contributed by atoms with van der Waals surface area (Å²) in [6.45, 7) is 0. The largest absolute Gasteiger partial charge is 0.478 e. The van der Waals surface area contributed by atoms with Crippen LogP contribution in [-0.2, 0) is 7.05 Å². The molecule has 4 nitrogen and oxygen atoms in total. The van der Waals surface area contributed by atoms with E-state index >= 15 is 0 Å². The van der Waals surface area contributed by atoms with E-state index in [1.165, 1.54) is 17.9 Å². The molecule has 0 aliphatic carbocycles. The van der Waals surface area contributed by atoms with Crippen LogP contribution in [0.5, 0.6) is 5.88 Å². The summed E-state index contributed by atoms with van der Waals surface area (Å²) in [4.78, 5) is 0. The van der Waals surface area contributed by atoms with Gasteiger partial charge in [0.25, 0.3) is 5.88 Å². The summed E-state index contributed by atoms with van der Waals surface area (Å²) in [6, 6.07) is 0.568. The van der Waals surface area contributed by atoms with Crippen LogP contribution in [0.15, 0.2) is 6.20 Å². The van der Waals surface area contributed by atoms with E-state index in [0.717, 1.165) is 5.69 Å². The molecule has 0 amide bonds. The molecule has 1 saturated heterocycles. The maximum absolute atomic E-state index is 5.18. The molecule has 0 spiro atoms. The predicted octanol–water partition coefficient (Wildman–Crippen LogP) is 1.35. The van der Waals surface area contributed by atoms with Crippen LogP contribution < -0.4 is 10.1 Å². The van der Waals surface area contributed by atoms with Gasteiger partial charge in [0.2, 0.25) is 0 Å². The van der Waals surface area contributed by atoms with Gasteiger partial charge in [0, 0.05) is 18.8 Å². The number of nitrogens with one attached hydrogen (secondary N) is 1. The van der Waals surface area contributed by atoms with Crippen LogP contribution in [0.3, 0.4) is 0 Å². The molecule has 2 heterocycles. The first-order valence-corrected chi connectivity index (χ1v) is 5.87. The topological polar surface area (TPSA) is 39.1 Å². The van der Waals surface area contributed by atoms with Crippen molar-refractivity contribution < 1.29 is 4.74 Å². The third-order valence-corrected chi connectivity index (χ3v) is 3.44. The molecule has 1 N–H and O–H groups in total. The molecule has 0 bridgehead atoms. The average Bonchev–Trinajstić information content (AvgIpc) is 2.76. The Kier molecular flexibility index (Phi) is 2.86. The number of anilines is 1. The van der Waals surface area contributed by atoms with E-state index in [2.05, 4.69) is 10.4 Å². The van der Waals surface area contributed by atoms with Gasteiger partial charge in [0.05, 0.1) is 13.3 Å². The van der Waals surface area contributed by atoms with Crippen LogP contribution in [0.2, 0.25) is 0 Å². The van der Waals surface area contributed by atoms with Gasteiger partial charge < -0.3 is 10.1 Å². The summed E-state index contributed by atoms with van der Waals surface area (Å²) in [6.07, 6.45) is 3.19. The first-order chi connectivity index (χ1) is 6.79. The van der Waals surface area contributed by atoms with Crippen molar-refractivity contribution in [2.45, 2.75) is 12.5 Å². The van der Waals surface area contributed by atoms with E-state index < -0.39 is 0 Å². The van der Waals surface area contributed by atoms with Gasteiger partial charge in [-0.1, -0.05) is 0 Å². The summed E-state index contributed by atoms with van der Waals surface area (Å²) in [5.41, 5.74) is 1.00. The predicted molar refractivity (Wildman–Crippen MR) is 59.1 cm³/mol. The third kappa shape index (κ3) is 1.97. The highest BCUT2D eigenvalue weighted by Crippen LogP contribution is 2.26. The Hall–Kier alpha value is -0.840. The molecule has 5 heteroatoms. The smallest absolute Gasteiger partial charge is 0.256 e. The lowest BCUT2D eigenvalue weighted by Gasteiger charge is -2.11. The lowest BCUT2D eigenvalue weighted by atomic mass is 10.2. The minimum atomic E-state index is 0.568. The molecule has 1 fully saturated rings. The highest BCUT2D eigenvalue weighted by atomic mass is 32.2. The average molecular weight is 213 g/mol. The molecule has 1 aliphatic rings. The second kappa shape index (κ2) is 4.13. The maximum atomic E-state index is 5.18. The standard InChI is InChI=1S/C9H15N3OS/c1-12-5-8(9(11-12)13-2)10-7-3-4-14-6-7/h5,7,10H,3-4,6H2,1-2H3. The molecule has 1 atom stereocenters. The van der Waals surface area contributed by atoms with Crippen molar-refractivity contribution in [3.63, 3.8) is 0 Å². The first-order valence-electron chi connectivity index (χ1n) is 4.71. The molecule has 0 saturated carbocycles. The van der Waals surface area contributed by atoms with Crippen LogP contribution in [-0.4, -0.2) is 34.4 Å². The first kappa shape index (κ1) is 9.71. The summed E-state index contributed by atoms with van der Waals surface area (Å²) < 4.78 is 6.94. The molecular formula is C9H15N3OS. The number of ether oxygens (including phenoxy) is 1. The molecule has 1 aliphatic heterocycles. The lowest BCUT2D eigenvalue weighted by molar-refractivity contribution is 0.393. The zero-order valence-electron chi connectivity index (χ0n) is 8.49. The van der Waals surface area contributed by atoms with Crippen molar-refractivity contribution in [2.75, 3.05) is 23.9 Å². The number of hydrogen-bond acceptors (Lipinski definition) is 4. The van der Waals surface area contributed by atoms with Gasteiger partial charge in [-0.3, -0.25) is 4.68 Å². The Morgan fingerprint density at radius 2 is 2.57 bits per heavy atom. The number of nitrogens with zero attached hydrogens (tertiary/aromatic N) is 2. The van der Waals surface area contributed by atoms with Crippen molar-refractivity contribution >= 4 is 17.4 Å². The minimum absolute atomic E-state index is 0.568. The SMILES string of the molecule is COc1nn(C)cc1NC1CCSC1. The van der Waals surface area contributed by atoms with Gasteiger partial charge in [0.1, 0.15) is 5.69 Å². The summed E-state index contributed by atoms with van der Waals surface area (Å²) in [7, 11) is 3.55. The highest BCUT2D eigenvalue weighted by molar-refractivity contribution is 7.99. The van der Waals surface area contributed by atoms with Gasteiger partial charge in [-0.25, -0.2) is 0 Å². The second-order valence-electron chi connectivity index (χ2n) is 3.43. The number of aromatic nitrogens is 2. The van der Waals surface area contributed by atoms with Gasteiger partial charge in [-0.05, 0) is 12.2 Å². The van der Waals surface area contributed by atoms with E-state index in [1.807, 2.05) is 25.0 Å². The molecule has 0 aromatic carbocycles. The number of methoxy groups -OCH3 is 1. The normalized spacial score (nSPS) is 21.1. The fraction of sp³-hybridized carbons (Fsp3) is 0.667. The number of aryl methyl sites for hydroxylation is 1. The molecule has 1 aromatic rings. The fourth-order valence-corrected chi connectivity index (χ4v) is 2.74. The van der Waals surface area contributed by atoms with Crippen LogP contribution in [0.25, 0.3) is 0 Å². The van der Waals surface area contributed by atoms with Gasteiger partial charge in [-0.15, -0.1) is 5.10 Å². The Labute approximate surface area is 88.0 Å². The van der Waals surface area contributed by atoms with Crippen molar-refractivity contribution in [3.05, 3.63) is 6.20 Å². The highest BCUT2D eigenvalue weighted by Gasteiger charge is 2.17. The summed E-state index contributed by atoms with van der Waals surface area (Å²) in [5.74, 6) is 3.11. The Morgan fingerprint density at radius 1 is 1.71 bits per heavy atom. The van der Waals surface area contributed by atoms with Crippen LogP contribution in [0.1, 0.15) is 6.42 Å². The van der Waals surface area contributed by atoms with E-state index in [1.54, 1.807) is 11.8 Å². The van der Waals surface area contributed by atoms with Crippen LogP contribution >= 0.6 is 11.8 Å². The fourth-order valence-electron chi connectivity index (χ4n) is 1.59. The quantitative estimate of drug-likeness (QED) is 0.822. The molecule has 14 heavy (non-hydrogen) atoms. The second-order valence-corrected chi connectivity index (χ2v) is 4.58. The lowest BCUT2D eigenvalue weighted by Crippen LogP contribution is -2.18. The van der Waals surface area contributed by atoms with E-state index in [-0.39, 0.29) is 0 Å². The number of thioether (sulfide) groups is 1. The molecule has 0 radical (unpaired) electrons. The molecule has 1 aromatic heterocycles. The van der Waals surface area contributed by atoms with Crippen molar-refractivity contribution in [3.8, 4) is 5.88 Å². The zero-order valence-corrected chi connectivity index (χ0v) is 9.30. The molecule has 2 rings (SSSR count). The summed E-state index contributed by atoms with van der Waals surface area (Å²) >= 11 is 1.99. The van der Waals surface area contributed by atoms with Crippen molar-refractivity contribution in [2.24, 2.45) is 7.05 Å². The van der Waals surface area contributed by atoms with E-state index in [9.17, 15) is 0 Å². The number of rotatable bonds is 3. The zero-order chi connectivity index (χ0) is 9.97. The van der Waals surface area contributed by atoms with Crippen LogP contribution in [0.4, 0.5) is 5.69 Å². The monoisotopic (exact) mass is 213 g/mol. The van der Waals surface area contributed by atoms with E-state index in [0.29, 0.717) is 11.9 Å². The maximum Gasteiger partial charge on any atom is 0.256 e. The molecule has 1 unspecified atom stereocenters. The third-order valence-electron chi connectivity index (χ3n) is 2.28. The van der Waals surface area contributed by atoms with Crippen molar-refractivity contribution in [1.29, 1.82) is 0 Å². The Morgan fingerprint density at radius 3 is 3.21 bits per heavy atom. The Bertz CT molecular complexity index is 307.